The van der Waals surface area contributed by atoms with Crippen molar-refractivity contribution in [2.24, 2.45) is 13.0 Å². The number of nitrogens with one attached hydrogen (secondary N) is 1. The number of aromatic nitrogens is 2. The molecule has 28 heavy (non-hydrogen) atoms. The number of nitrogens with zero attached hydrogens (tertiary/aromatic N) is 4. The van der Waals surface area contributed by atoms with Crippen LogP contribution in [0.5, 0.6) is 0 Å². The van der Waals surface area contributed by atoms with Gasteiger partial charge in [-0.1, -0.05) is 11.6 Å². The van der Waals surface area contributed by atoms with E-state index in [-0.39, 0.29) is 22.7 Å². The Balaban J connectivity index is 1.61. The topological polar surface area (TPSA) is 93.3 Å². The number of anilines is 1. The van der Waals surface area contributed by atoms with Crippen molar-refractivity contribution in [2.45, 2.75) is 32.2 Å². The lowest BCUT2D eigenvalue weighted by Crippen LogP contribution is -2.47. The normalized spacial score (nSPS) is 18.6. The lowest BCUT2D eigenvalue weighted by atomic mass is 9.93. The molecule has 0 aliphatic carbocycles. The number of hydrogen-bond acceptors (Lipinski definition) is 5. The highest BCUT2D eigenvalue weighted by Crippen LogP contribution is 2.27. The molecule has 0 saturated carbocycles. The van der Waals surface area contributed by atoms with E-state index < -0.39 is 4.92 Å². The summed E-state index contributed by atoms with van der Waals surface area (Å²) in [5.74, 6) is 1.34. The Morgan fingerprint density at radius 1 is 1.50 bits per heavy atom. The third-order valence-corrected chi connectivity index (χ3v) is 5.60. The van der Waals surface area contributed by atoms with Gasteiger partial charge < -0.3 is 9.88 Å². The number of amides is 1. The fourth-order valence-electron chi connectivity index (χ4n) is 3.59. The van der Waals surface area contributed by atoms with Gasteiger partial charge in [-0.05, 0) is 38.3 Å². The number of benzene rings is 1. The molecule has 1 saturated heterocycles. The molecule has 2 atom stereocenters. The molecule has 1 N–H and O–H groups in total. The van der Waals surface area contributed by atoms with Gasteiger partial charge in [0, 0.05) is 44.5 Å². The van der Waals surface area contributed by atoms with Gasteiger partial charge in [0.1, 0.15) is 5.82 Å². The van der Waals surface area contributed by atoms with Gasteiger partial charge >= 0.3 is 0 Å². The van der Waals surface area contributed by atoms with Crippen molar-refractivity contribution in [3.05, 3.63) is 51.6 Å². The number of likely N-dealkylation sites (tertiary alicyclic amines) is 1. The Kier molecular flexibility index (Phi) is 6.31. The molecule has 1 aliphatic heterocycles. The number of carbonyl (C=O) groups is 1. The number of nitro groups is 1. The molecule has 3 rings (SSSR count). The molecule has 0 radical (unpaired) electrons. The highest BCUT2D eigenvalue weighted by atomic mass is 35.5. The number of imidazole rings is 1. The first-order chi connectivity index (χ1) is 13.3. The van der Waals surface area contributed by atoms with E-state index in [1.807, 2.05) is 24.7 Å². The molecule has 1 aromatic heterocycles. The number of non-ortho nitro benzene ring substituents is 1. The van der Waals surface area contributed by atoms with Gasteiger partial charge in [0.2, 0.25) is 5.91 Å². The maximum absolute atomic E-state index is 12.7. The van der Waals surface area contributed by atoms with Crippen LogP contribution in [-0.2, 0) is 18.3 Å². The molecule has 9 heteroatoms. The summed E-state index contributed by atoms with van der Waals surface area (Å²) >= 11 is 6.08. The molecule has 1 aromatic carbocycles. The van der Waals surface area contributed by atoms with Gasteiger partial charge in [-0.3, -0.25) is 19.8 Å². The smallest absolute Gasteiger partial charge is 0.271 e. The van der Waals surface area contributed by atoms with Crippen LogP contribution in [-0.4, -0.2) is 44.4 Å². The molecule has 1 aliphatic rings. The summed E-state index contributed by atoms with van der Waals surface area (Å²) in [5, 5.41) is 13.8. The van der Waals surface area contributed by atoms with Crippen LogP contribution in [0.2, 0.25) is 5.02 Å². The minimum Gasteiger partial charge on any atom is -0.338 e. The van der Waals surface area contributed by atoms with Crippen LogP contribution in [0.1, 0.15) is 25.6 Å². The molecule has 1 amide bonds. The Morgan fingerprint density at radius 3 is 2.93 bits per heavy atom. The lowest BCUT2D eigenvalue weighted by Gasteiger charge is -2.36. The zero-order chi connectivity index (χ0) is 20.3. The third kappa shape index (κ3) is 4.69. The van der Waals surface area contributed by atoms with Crippen LogP contribution in [0.25, 0.3) is 0 Å². The number of halogens is 1. The summed E-state index contributed by atoms with van der Waals surface area (Å²) in [7, 11) is 1.99. The van der Waals surface area contributed by atoms with Crippen molar-refractivity contribution in [1.29, 1.82) is 0 Å². The van der Waals surface area contributed by atoms with E-state index in [0.717, 1.165) is 38.2 Å². The van der Waals surface area contributed by atoms with Crippen LogP contribution < -0.4 is 5.32 Å². The lowest BCUT2D eigenvalue weighted by molar-refractivity contribution is -0.384. The number of carbonyl (C=O) groups excluding carboxylic acids is 1. The predicted molar refractivity (Wildman–Crippen MR) is 107 cm³/mol. The second-order valence-electron chi connectivity index (χ2n) is 7.25. The first-order valence-corrected chi connectivity index (χ1v) is 9.68. The van der Waals surface area contributed by atoms with E-state index in [2.05, 4.69) is 15.2 Å². The quantitative estimate of drug-likeness (QED) is 0.588. The molecule has 0 unspecified atom stereocenters. The SMILES string of the molecule is C[C@H](C(=O)Nc1ccc([N+](=O)[O-])cc1Cl)N1CCC[C@@H](Cc2nccn2C)C1. The van der Waals surface area contributed by atoms with Gasteiger partial charge in [-0.25, -0.2) is 4.98 Å². The van der Waals surface area contributed by atoms with Crippen molar-refractivity contribution in [2.75, 3.05) is 18.4 Å². The van der Waals surface area contributed by atoms with Crippen LogP contribution >= 0.6 is 11.6 Å². The highest BCUT2D eigenvalue weighted by molar-refractivity contribution is 6.34. The van der Waals surface area contributed by atoms with Gasteiger partial charge in [-0.15, -0.1) is 0 Å². The maximum Gasteiger partial charge on any atom is 0.271 e. The summed E-state index contributed by atoms with van der Waals surface area (Å²) in [4.78, 5) is 29.6. The van der Waals surface area contributed by atoms with E-state index in [1.165, 1.54) is 18.2 Å². The standard InChI is InChI=1S/C19H24ClN5O3/c1-13(19(26)22-17-6-5-15(25(27)28)11-16(17)20)24-8-3-4-14(12-24)10-18-21-7-9-23(18)2/h5-7,9,11,13-14H,3-4,8,10,12H2,1-2H3,(H,22,26)/t13-,14+/m1/s1. The van der Waals surface area contributed by atoms with Crippen molar-refractivity contribution in [3.63, 3.8) is 0 Å². The first kappa shape index (κ1) is 20.3. The zero-order valence-electron chi connectivity index (χ0n) is 16.0. The molecule has 2 aromatic rings. The van der Waals surface area contributed by atoms with Crippen LogP contribution in [0.15, 0.2) is 30.6 Å². The summed E-state index contributed by atoms with van der Waals surface area (Å²) in [6, 6.07) is 3.71. The Bertz CT molecular complexity index is 869. The molecular weight excluding hydrogens is 382 g/mol. The molecule has 150 valence electrons. The number of aryl methyl sites for hydroxylation is 1. The molecule has 0 bridgehead atoms. The van der Waals surface area contributed by atoms with Crippen molar-refractivity contribution >= 4 is 28.9 Å². The molecule has 8 nitrogen and oxygen atoms in total. The Hall–Kier alpha value is -2.45. The van der Waals surface area contributed by atoms with E-state index in [4.69, 9.17) is 11.6 Å². The Labute approximate surface area is 168 Å². The van der Waals surface area contributed by atoms with Crippen LogP contribution in [0.4, 0.5) is 11.4 Å². The summed E-state index contributed by atoms with van der Waals surface area (Å²) in [5.41, 5.74) is 0.273. The predicted octanol–water partition coefficient (Wildman–Crippen LogP) is 3.26. The number of piperidine rings is 1. The van der Waals surface area contributed by atoms with Gasteiger partial charge in [0.05, 0.1) is 21.7 Å². The van der Waals surface area contributed by atoms with Crippen LogP contribution in [0.3, 0.4) is 0 Å². The number of hydrogen-bond donors (Lipinski definition) is 1. The van der Waals surface area contributed by atoms with E-state index in [9.17, 15) is 14.9 Å². The monoisotopic (exact) mass is 405 g/mol. The number of rotatable bonds is 6. The minimum absolute atomic E-state index is 0.107. The minimum atomic E-state index is -0.518. The second kappa shape index (κ2) is 8.70. The molecular formula is C19H24ClN5O3. The molecule has 0 spiro atoms. The average molecular weight is 406 g/mol. The fraction of sp³-hybridized carbons (Fsp3) is 0.474. The second-order valence-corrected chi connectivity index (χ2v) is 7.66. The van der Waals surface area contributed by atoms with E-state index in [0.29, 0.717) is 11.6 Å². The van der Waals surface area contributed by atoms with Crippen molar-refractivity contribution < 1.29 is 9.72 Å². The van der Waals surface area contributed by atoms with Crippen molar-refractivity contribution in [3.8, 4) is 0 Å². The van der Waals surface area contributed by atoms with Crippen molar-refractivity contribution in [1.82, 2.24) is 14.5 Å². The molecule has 2 heterocycles. The Morgan fingerprint density at radius 2 is 2.29 bits per heavy atom. The fourth-order valence-corrected chi connectivity index (χ4v) is 3.81. The highest BCUT2D eigenvalue weighted by Gasteiger charge is 2.28. The van der Waals surface area contributed by atoms with Gasteiger partial charge in [-0.2, -0.15) is 0 Å². The van der Waals surface area contributed by atoms with Gasteiger partial charge in [0.25, 0.3) is 5.69 Å². The summed E-state index contributed by atoms with van der Waals surface area (Å²) < 4.78 is 2.03. The average Bonchev–Trinajstić information content (AvgIpc) is 3.07. The van der Waals surface area contributed by atoms with Gasteiger partial charge in [0.15, 0.2) is 0 Å². The van der Waals surface area contributed by atoms with E-state index in [1.54, 1.807) is 6.20 Å². The number of nitro benzene ring substituents is 1. The third-order valence-electron chi connectivity index (χ3n) is 5.29. The molecule has 1 fully saturated rings. The van der Waals surface area contributed by atoms with Crippen LogP contribution in [0, 0.1) is 16.0 Å². The largest absolute Gasteiger partial charge is 0.338 e. The zero-order valence-corrected chi connectivity index (χ0v) is 16.7. The maximum atomic E-state index is 12.7. The summed E-state index contributed by atoms with van der Waals surface area (Å²) in [6.07, 6.45) is 6.79. The summed E-state index contributed by atoms with van der Waals surface area (Å²) in [6.45, 7) is 3.56. The first-order valence-electron chi connectivity index (χ1n) is 9.30. The van der Waals surface area contributed by atoms with E-state index >= 15 is 0 Å².